The molecule has 1 aromatic heterocycles. The maximum atomic E-state index is 4.60. The van der Waals surface area contributed by atoms with Crippen molar-refractivity contribution in [2.24, 2.45) is 0 Å². The molecule has 2 N–H and O–H groups in total. The number of aryl methyl sites for hydroxylation is 1. The average molecular weight is 291 g/mol. The van der Waals surface area contributed by atoms with Crippen LogP contribution in [0.15, 0.2) is 6.07 Å². The van der Waals surface area contributed by atoms with E-state index in [0.29, 0.717) is 0 Å². The Morgan fingerprint density at radius 2 is 1.81 bits per heavy atom. The van der Waals surface area contributed by atoms with Gasteiger partial charge in [0.1, 0.15) is 17.5 Å². The smallest absolute Gasteiger partial charge is 0.133 e. The first-order chi connectivity index (χ1) is 10.3. The second kappa shape index (κ2) is 8.82. The molecule has 5 heteroatoms. The minimum Gasteiger partial charge on any atom is -0.370 e. The summed E-state index contributed by atoms with van der Waals surface area (Å²) in [5.41, 5.74) is 0. The van der Waals surface area contributed by atoms with E-state index in [1.54, 1.807) is 0 Å². The van der Waals surface area contributed by atoms with Gasteiger partial charge in [-0.25, -0.2) is 9.97 Å². The van der Waals surface area contributed by atoms with Gasteiger partial charge in [0.05, 0.1) is 0 Å². The summed E-state index contributed by atoms with van der Waals surface area (Å²) >= 11 is 0. The minimum atomic E-state index is 0.886. The van der Waals surface area contributed by atoms with E-state index in [2.05, 4.69) is 39.3 Å². The third kappa shape index (κ3) is 5.50. The molecule has 1 aromatic rings. The first-order valence-electron chi connectivity index (χ1n) is 8.40. The van der Waals surface area contributed by atoms with Crippen LogP contribution in [-0.4, -0.2) is 47.6 Å². The van der Waals surface area contributed by atoms with Crippen LogP contribution in [0.25, 0.3) is 0 Å². The topological polar surface area (TPSA) is 53.1 Å². The Kier molecular flexibility index (Phi) is 6.73. The standard InChI is InChI=1S/C16H29N5/c1-3-8-14-19-15(17-4-2)13-16(20-14)18-9-7-12-21-10-5-6-11-21/h13H,3-12H2,1-2H3,(H2,17,18,19,20). The number of aromatic nitrogens is 2. The van der Waals surface area contributed by atoms with Crippen molar-refractivity contribution in [1.29, 1.82) is 0 Å². The Bertz CT molecular complexity index is 391. The van der Waals surface area contributed by atoms with Crippen LogP contribution in [0.1, 0.15) is 45.4 Å². The molecule has 0 bridgehead atoms. The molecule has 0 spiro atoms. The van der Waals surface area contributed by atoms with Crippen molar-refractivity contribution in [1.82, 2.24) is 14.9 Å². The highest BCUT2D eigenvalue weighted by atomic mass is 15.1. The van der Waals surface area contributed by atoms with Crippen LogP contribution in [0.5, 0.6) is 0 Å². The van der Waals surface area contributed by atoms with Gasteiger partial charge < -0.3 is 15.5 Å². The largest absolute Gasteiger partial charge is 0.370 e. The summed E-state index contributed by atoms with van der Waals surface area (Å²) < 4.78 is 0. The van der Waals surface area contributed by atoms with E-state index >= 15 is 0 Å². The molecule has 1 saturated heterocycles. The molecule has 0 atom stereocenters. The van der Waals surface area contributed by atoms with Gasteiger partial charge >= 0.3 is 0 Å². The molecule has 1 aliphatic rings. The molecule has 1 fully saturated rings. The Morgan fingerprint density at radius 3 is 2.48 bits per heavy atom. The number of rotatable bonds is 9. The van der Waals surface area contributed by atoms with E-state index < -0.39 is 0 Å². The molecule has 2 heterocycles. The Balaban J connectivity index is 1.82. The molecule has 0 aliphatic carbocycles. The Labute approximate surface area is 128 Å². The zero-order valence-corrected chi connectivity index (χ0v) is 13.5. The Morgan fingerprint density at radius 1 is 1.10 bits per heavy atom. The second-order valence-electron chi connectivity index (χ2n) is 5.66. The van der Waals surface area contributed by atoms with Gasteiger partial charge in [0.2, 0.25) is 0 Å². The van der Waals surface area contributed by atoms with Crippen molar-refractivity contribution in [3.63, 3.8) is 0 Å². The summed E-state index contributed by atoms with van der Waals surface area (Å²) in [5.74, 6) is 2.81. The summed E-state index contributed by atoms with van der Waals surface area (Å²) in [6.07, 6.45) is 5.91. The lowest BCUT2D eigenvalue weighted by Crippen LogP contribution is -2.22. The Hall–Kier alpha value is -1.36. The summed E-state index contributed by atoms with van der Waals surface area (Å²) in [7, 11) is 0. The molecule has 0 unspecified atom stereocenters. The van der Waals surface area contributed by atoms with Gasteiger partial charge in [-0.3, -0.25) is 0 Å². The van der Waals surface area contributed by atoms with E-state index in [1.165, 1.54) is 38.9 Å². The molecule has 0 aromatic carbocycles. The predicted molar refractivity (Wildman–Crippen MR) is 89.0 cm³/mol. The van der Waals surface area contributed by atoms with E-state index in [-0.39, 0.29) is 0 Å². The monoisotopic (exact) mass is 291 g/mol. The van der Waals surface area contributed by atoms with E-state index in [1.807, 2.05) is 6.07 Å². The van der Waals surface area contributed by atoms with Crippen LogP contribution in [0.4, 0.5) is 11.6 Å². The van der Waals surface area contributed by atoms with Gasteiger partial charge in [-0.05, 0) is 52.2 Å². The molecule has 1 aliphatic heterocycles. The summed E-state index contributed by atoms with van der Waals surface area (Å²) in [6, 6.07) is 2.01. The first kappa shape index (κ1) is 16.0. The number of nitrogens with one attached hydrogen (secondary N) is 2. The summed E-state index contributed by atoms with van der Waals surface area (Å²) in [5, 5.41) is 6.73. The number of anilines is 2. The lowest BCUT2D eigenvalue weighted by molar-refractivity contribution is 0.337. The van der Waals surface area contributed by atoms with Crippen molar-refractivity contribution in [3.05, 3.63) is 11.9 Å². The highest BCUT2D eigenvalue weighted by molar-refractivity contribution is 5.47. The molecular weight excluding hydrogens is 262 g/mol. The highest BCUT2D eigenvalue weighted by Gasteiger charge is 2.10. The van der Waals surface area contributed by atoms with Crippen LogP contribution < -0.4 is 10.6 Å². The molecule has 21 heavy (non-hydrogen) atoms. The van der Waals surface area contributed by atoms with Gasteiger partial charge in [0.15, 0.2) is 0 Å². The zero-order valence-electron chi connectivity index (χ0n) is 13.5. The predicted octanol–water partition coefficient (Wildman–Crippen LogP) is 2.76. The van der Waals surface area contributed by atoms with E-state index in [4.69, 9.17) is 0 Å². The van der Waals surface area contributed by atoms with Gasteiger partial charge in [-0.15, -0.1) is 0 Å². The van der Waals surface area contributed by atoms with Crippen LogP contribution in [0.2, 0.25) is 0 Å². The zero-order chi connectivity index (χ0) is 14.9. The highest BCUT2D eigenvalue weighted by Crippen LogP contribution is 2.13. The molecular formula is C16H29N5. The van der Waals surface area contributed by atoms with Crippen molar-refractivity contribution in [2.45, 2.75) is 46.0 Å². The number of nitrogens with zero attached hydrogens (tertiary/aromatic N) is 3. The van der Waals surface area contributed by atoms with E-state index in [9.17, 15) is 0 Å². The second-order valence-corrected chi connectivity index (χ2v) is 5.66. The third-order valence-corrected chi connectivity index (χ3v) is 3.76. The fourth-order valence-electron chi connectivity index (χ4n) is 2.72. The van der Waals surface area contributed by atoms with Crippen LogP contribution in [0.3, 0.4) is 0 Å². The average Bonchev–Trinajstić information content (AvgIpc) is 2.97. The molecule has 5 nitrogen and oxygen atoms in total. The van der Waals surface area contributed by atoms with Crippen molar-refractivity contribution >= 4 is 11.6 Å². The van der Waals surface area contributed by atoms with E-state index in [0.717, 1.165) is 43.4 Å². The van der Waals surface area contributed by atoms with Crippen molar-refractivity contribution in [2.75, 3.05) is 43.4 Å². The van der Waals surface area contributed by atoms with Crippen LogP contribution in [0, 0.1) is 0 Å². The molecule has 0 radical (unpaired) electrons. The van der Waals surface area contributed by atoms with Gasteiger partial charge in [0, 0.05) is 25.6 Å². The normalized spacial score (nSPS) is 15.3. The van der Waals surface area contributed by atoms with Crippen molar-refractivity contribution in [3.8, 4) is 0 Å². The quantitative estimate of drug-likeness (QED) is 0.685. The maximum Gasteiger partial charge on any atom is 0.133 e. The molecule has 118 valence electrons. The SMILES string of the molecule is CCCc1nc(NCC)cc(NCCCN2CCCC2)n1. The van der Waals surface area contributed by atoms with Crippen molar-refractivity contribution < 1.29 is 0 Å². The fraction of sp³-hybridized carbons (Fsp3) is 0.750. The third-order valence-electron chi connectivity index (χ3n) is 3.76. The van der Waals surface area contributed by atoms with Gasteiger partial charge in [-0.2, -0.15) is 0 Å². The lowest BCUT2D eigenvalue weighted by atomic mass is 10.3. The van der Waals surface area contributed by atoms with Crippen LogP contribution in [-0.2, 0) is 6.42 Å². The minimum absolute atomic E-state index is 0.886. The van der Waals surface area contributed by atoms with Crippen LogP contribution >= 0.6 is 0 Å². The summed E-state index contributed by atoms with van der Waals surface area (Å²) in [4.78, 5) is 11.7. The molecule has 0 amide bonds. The lowest BCUT2D eigenvalue weighted by Gasteiger charge is -2.15. The molecule has 0 saturated carbocycles. The fourth-order valence-corrected chi connectivity index (χ4v) is 2.72. The number of likely N-dealkylation sites (tertiary alicyclic amines) is 1. The number of hydrogen-bond acceptors (Lipinski definition) is 5. The van der Waals surface area contributed by atoms with Gasteiger partial charge in [-0.1, -0.05) is 6.92 Å². The first-order valence-corrected chi connectivity index (χ1v) is 8.40. The number of hydrogen-bond donors (Lipinski definition) is 2. The van der Waals surface area contributed by atoms with Gasteiger partial charge in [0.25, 0.3) is 0 Å². The summed E-state index contributed by atoms with van der Waals surface area (Å²) in [6.45, 7) is 9.86. The maximum absolute atomic E-state index is 4.60. The molecule has 2 rings (SSSR count).